The number of carbonyl (C=O) groups is 1. The fourth-order valence-electron chi connectivity index (χ4n) is 1.48. The molecule has 1 unspecified atom stereocenters. The van der Waals surface area contributed by atoms with E-state index < -0.39 is 11.9 Å². The first-order valence-electron chi connectivity index (χ1n) is 4.67. The highest BCUT2D eigenvalue weighted by Crippen LogP contribution is 2.34. The Labute approximate surface area is 93.6 Å². The van der Waals surface area contributed by atoms with Crippen LogP contribution in [0.2, 0.25) is 5.02 Å². The summed E-state index contributed by atoms with van der Waals surface area (Å²) >= 11 is 6.04. The normalized spacial score (nSPS) is 12.2. The van der Waals surface area contributed by atoms with Gasteiger partial charge in [-0.2, -0.15) is 0 Å². The van der Waals surface area contributed by atoms with E-state index in [0.717, 1.165) is 0 Å². The summed E-state index contributed by atoms with van der Waals surface area (Å²) in [5.41, 5.74) is 0.603. The molecule has 82 valence electrons. The van der Waals surface area contributed by atoms with Crippen molar-refractivity contribution in [1.29, 1.82) is 0 Å². The van der Waals surface area contributed by atoms with E-state index in [2.05, 4.69) is 0 Å². The maximum Gasteiger partial charge on any atom is 0.311 e. The van der Waals surface area contributed by atoms with Crippen LogP contribution in [0.25, 0.3) is 0 Å². The summed E-state index contributed by atoms with van der Waals surface area (Å²) in [6.07, 6.45) is 0.502. The summed E-state index contributed by atoms with van der Waals surface area (Å²) in [6, 6.07) is 5.17. The Kier molecular flexibility index (Phi) is 3.97. The van der Waals surface area contributed by atoms with Gasteiger partial charge in [0.25, 0.3) is 0 Å². The Bertz CT molecular complexity index is 363. The number of halogens is 1. The van der Waals surface area contributed by atoms with E-state index in [1.165, 1.54) is 7.11 Å². The van der Waals surface area contributed by atoms with Gasteiger partial charge < -0.3 is 9.84 Å². The molecule has 1 N–H and O–H groups in total. The van der Waals surface area contributed by atoms with Crippen molar-refractivity contribution in [2.24, 2.45) is 0 Å². The van der Waals surface area contributed by atoms with E-state index >= 15 is 0 Å². The summed E-state index contributed by atoms with van der Waals surface area (Å²) in [5, 5.41) is 9.40. The minimum atomic E-state index is -0.868. The van der Waals surface area contributed by atoms with Crippen molar-refractivity contribution in [1.82, 2.24) is 0 Å². The number of hydrogen-bond acceptors (Lipinski definition) is 2. The fourth-order valence-corrected chi connectivity index (χ4v) is 1.82. The number of methoxy groups -OCH3 is 1. The van der Waals surface area contributed by atoms with Crippen molar-refractivity contribution in [3.8, 4) is 5.75 Å². The zero-order valence-corrected chi connectivity index (χ0v) is 9.41. The van der Waals surface area contributed by atoms with Gasteiger partial charge in [0.15, 0.2) is 0 Å². The maximum absolute atomic E-state index is 11.0. The molecule has 0 fully saturated rings. The first-order chi connectivity index (χ1) is 7.11. The molecule has 0 heterocycles. The molecular weight excluding hydrogens is 216 g/mol. The van der Waals surface area contributed by atoms with E-state index in [1.54, 1.807) is 18.2 Å². The van der Waals surface area contributed by atoms with Gasteiger partial charge in [0.2, 0.25) is 0 Å². The van der Waals surface area contributed by atoms with Gasteiger partial charge in [-0.15, -0.1) is 0 Å². The molecule has 3 nitrogen and oxygen atoms in total. The van der Waals surface area contributed by atoms with Crippen LogP contribution in [0.4, 0.5) is 0 Å². The highest BCUT2D eigenvalue weighted by Gasteiger charge is 2.21. The third-order valence-electron chi connectivity index (χ3n) is 2.29. The third-order valence-corrected chi connectivity index (χ3v) is 2.70. The largest absolute Gasteiger partial charge is 0.495 e. The van der Waals surface area contributed by atoms with Crippen LogP contribution in [-0.2, 0) is 4.79 Å². The van der Waals surface area contributed by atoms with Crippen molar-refractivity contribution in [3.63, 3.8) is 0 Å². The van der Waals surface area contributed by atoms with Crippen LogP contribution in [0.5, 0.6) is 5.75 Å². The molecule has 0 radical (unpaired) electrons. The van der Waals surface area contributed by atoms with E-state index in [4.69, 9.17) is 21.4 Å². The number of rotatable bonds is 4. The molecular formula is C11H13ClO3. The standard InChI is InChI=1S/C11H13ClO3/c1-3-7(11(13)14)8-5-4-6-9(15-2)10(8)12/h4-7H,3H2,1-2H3,(H,13,14). The van der Waals surface area contributed by atoms with E-state index in [0.29, 0.717) is 22.8 Å². The van der Waals surface area contributed by atoms with Crippen molar-refractivity contribution in [2.75, 3.05) is 7.11 Å². The molecule has 0 aliphatic heterocycles. The molecule has 15 heavy (non-hydrogen) atoms. The van der Waals surface area contributed by atoms with Crippen LogP contribution in [0.1, 0.15) is 24.8 Å². The zero-order chi connectivity index (χ0) is 11.4. The van der Waals surface area contributed by atoms with Gasteiger partial charge in [-0.25, -0.2) is 0 Å². The van der Waals surface area contributed by atoms with E-state index in [-0.39, 0.29) is 0 Å². The van der Waals surface area contributed by atoms with Crippen molar-refractivity contribution in [3.05, 3.63) is 28.8 Å². The summed E-state index contributed by atoms with van der Waals surface area (Å²) in [5.74, 6) is -0.936. The number of carboxylic acid groups (broad SMARTS) is 1. The van der Waals surface area contributed by atoms with Crippen molar-refractivity contribution < 1.29 is 14.6 Å². The predicted molar refractivity (Wildman–Crippen MR) is 58.7 cm³/mol. The number of carboxylic acids is 1. The maximum atomic E-state index is 11.0. The molecule has 4 heteroatoms. The Hall–Kier alpha value is -1.22. The number of benzene rings is 1. The minimum Gasteiger partial charge on any atom is -0.495 e. The van der Waals surface area contributed by atoms with Crippen molar-refractivity contribution in [2.45, 2.75) is 19.3 Å². The first-order valence-corrected chi connectivity index (χ1v) is 5.04. The molecule has 1 atom stereocenters. The van der Waals surface area contributed by atoms with Crippen LogP contribution in [-0.4, -0.2) is 18.2 Å². The average Bonchev–Trinajstić information content (AvgIpc) is 2.21. The SMILES string of the molecule is CCC(C(=O)O)c1cccc(OC)c1Cl. The Balaban J connectivity index is 3.18. The lowest BCUT2D eigenvalue weighted by Crippen LogP contribution is -2.11. The van der Waals surface area contributed by atoms with Gasteiger partial charge in [-0.05, 0) is 18.1 Å². The lowest BCUT2D eigenvalue weighted by molar-refractivity contribution is -0.138. The number of aliphatic carboxylic acids is 1. The molecule has 1 aromatic rings. The summed E-state index contributed by atoms with van der Waals surface area (Å²) in [7, 11) is 1.51. The van der Waals surface area contributed by atoms with E-state index in [1.807, 2.05) is 6.92 Å². The van der Waals surface area contributed by atoms with Crippen LogP contribution < -0.4 is 4.74 Å². The van der Waals surface area contributed by atoms with Gasteiger partial charge in [-0.3, -0.25) is 4.79 Å². The second kappa shape index (κ2) is 5.03. The smallest absolute Gasteiger partial charge is 0.311 e. The molecule has 0 aromatic heterocycles. The Morgan fingerprint density at radius 3 is 2.73 bits per heavy atom. The molecule has 1 aromatic carbocycles. The molecule has 0 saturated carbocycles. The highest BCUT2D eigenvalue weighted by molar-refractivity contribution is 6.33. The lowest BCUT2D eigenvalue weighted by Gasteiger charge is -2.13. The average molecular weight is 229 g/mol. The Morgan fingerprint density at radius 1 is 1.60 bits per heavy atom. The quantitative estimate of drug-likeness (QED) is 0.862. The van der Waals surface area contributed by atoms with Gasteiger partial charge in [-0.1, -0.05) is 30.7 Å². The number of hydrogen-bond donors (Lipinski definition) is 1. The predicted octanol–water partition coefficient (Wildman–Crippen LogP) is 2.93. The molecule has 0 aliphatic rings. The molecule has 0 saturated heterocycles. The lowest BCUT2D eigenvalue weighted by atomic mass is 9.96. The zero-order valence-electron chi connectivity index (χ0n) is 8.66. The molecule has 1 rings (SSSR count). The molecule has 0 bridgehead atoms. The van der Waals surface area contributed by atoms with Crippen LogP contribution in [0.15, 0.2) is 18.2 Å². The second-order valence-corrected chi connectivity index (χ2v) is 3.54. The molecule has 0 aliphatic carbocycles. The minimum absolute atomic E-state index is 0.384. The highest BCUT2D eigenvalue weighted by atomic mass is 35.5. The number of ether oxygens (including phenoxy) is 1. The third kappa shape index (κ3) is 2.42. The monoisotopic (exact) mass is 228 g/mol. The Morgan fingerprint density at radius 2 is 2.27 bits per heavy atom. The van der Waals surface area contributed by atoms with Crippen LogP contribution in [0.3, 0.4) is 0 Å². The second-order valence-electron chi connectivity index (χ2n) is 3.16. The van der Waals surface area contributed by atoms with Crippen molar-refractivity contribution >= 4 is 17.6 Å². The van der Waals surface area contributed by atoms with E-state index in [9.17, 15) is 4.79 Å². The topological polar surface area (TPSA) is 46.5 Å². The summed E-state index contributed by atoms with van der Waals surface area (Å²) in [4.78, 5) is 11.0. The van der Waals surface area contributed by atoms with Gasteiger partial charge >= 0.3 is 5.97 Å². The molecule has 0 amide bonds. The van der Waals surface area contributed by atoms with Gasteiger partial charge in [0.1, 0.15) is 5.75 Å². The van der Waals surface area contributed by atoms with Gasteiger partial charge in [0, 0.05) is 0 Å². The fraction of sp³-hybridized carbons (Fsp3) is 0.364. The van der Waals surface area contributed by atoms with Crippen LogP contribution in [0, 0.1) is 0 Å². The molecule has 0 spiro atoms. The summed E-state index contributed by atoms with van der Waals surface area (Å²) in [6.45, 7) is 1.81. The van der Waals surface area contributed by atoms with Crippen LogP contribution >= 0.6 is 11.6 Å². The van der Waals surface area contributed by atoms with Gasteiger partial charge in [0.05, 0.1) is 18.1 Å². The first kappa shape index (κ1) is 11.9. The summed E-state index contributed by atoms with van der Waals surface area (Å²) < 4.78 is 5.04.